The van der Waals surface area contributed by atoms with E-state index in [1.54, 1.807) is 4.90 Å². The first kappa shape index (κ1) is 11.3. The lowest BCUT2D eigenvalue weighted by Gasteiger charge is -2.37. The van der Waals surface area contributed by atoms with E-state index in [1.165, 1.54) is 19.3 Å². The van der Waals surface area contributed by atoms with Gasteiger partial charge in [-0.3, -0.25) is 0 Å². The zero-order valence-corrected chi connectivity index (χ0v) is 9.62. The van der Waals surface area contributed by atoms with Crippen LogP contribution in [0.25, 0.3) is 0 Å². The smallest absolute Gasteiger partial charge is 0.319 e. The number of hydrogen-bond acceptors (Lipinski definition) is 1. The molecule has 0 aromatic carbocycles. The summed E-state index contributed by atoms with van der Waals surface area (Å²) in [6.45, 7) is 5.93. The van der Waals surface area contributed by atoms with Crippen LogP contribution in [0.4, 0.5) is 4.79 Å². The van der Waals surface area contributed by atoms with E-state index in [1.807, 2.05) is 18.9 Å². The van der Waals surface area contributed by atoms with E-state index >= 15 is 0 Å². The van der Waals surface area contributed by atoms with E-state index < -0.39 is 0 Å². The van der Waals surface area contributed by atoms with Crippen molar-refractivity contribution >= 4 is 6.03 Å². The number of carbonyl (C=O) groups excluding carboxylic acids is 1. The molecule has 0 aromatic heterocycles. The van der Waals surface area contributed by atoms with E-state index in [2.05, 4.69) is 6.92 Å². The normalized spacial score (nSPS) is 22.2. The average molecular weight is 198 g/mol. The Morgan fingerprint density at radius 2 is 2.14 bits per heavy atom. The molecule has 1 atom stereocenters. The number of hydrogen-bond donors (Lipinski definition) is 0. The monoisotopic (exact) mass is 198 g/mol. The molecule has 0 radical (unpaired) electrons. The van der Waals surface area contributed by atoms with Gasteiger partial charge in [0.1, 0.15) is 0 Å². The molecule has 0 spiro atoms. The van der Waals surface area contributed by atoms with Crippen LogP contribution in [0, 0.1) is 0 Å². The van der Waals surface area contributed by atoms with Crippen LogP contribution >= 0.6 is 0 Å². The Bertz CT molecular complexity index is 194. The number of likely N-dealkylation sites (tertiary alicyclic amines) is 1. The zero-order chi connectivity index (χ0) is 10.6. The lowest BCUT2D eigenvalue weighted by atomic mass is 10.0. The third kappa shape index (κ3) is 2.40. The maximum atomic E-state index is 12.0. The number of urea groups is 1. The molecule has 0 aromatic rings. The van der Waals surface area contributed by atoms with Crippen LogP contribution in [-0.2, 0) is 0 Å². The first-order chi connectivity index (χ1) is 6.70. The van der Waals surface area contributed by atoms with Gasteiger partial charge in [-0.25, -0.2) is 4.79 Å². The molecule has 14 heavy (non-hydrogen) atoms. The first-order valence-corrected chi connectivity index (χ1v) is 5.72. The summed E-state index contributed by atoms with van der Waals surface area (Å²) in [5.41, 5.74) is 0. The molecule has 1 unspecified atom stereocenters. The molecule has 0 bridgehead atoms. The molecule has 1 rings (SSSR count). The summed E-state index contributed by atoms with van der Waals surface area (Å²) in [4.78, 5) is 15.8. The molecule has 1 saturated heterocycles. The van der Waals surface area contributed by atoms with Gasteiger partial charge in [-0.15, -0.1) is 0 Å². The second-order valence-corrected chi connectivity index (χ2v) is 4.05. The molecule has 1 fully saturated rings. The number of rotatable bonds is 2. The fraction of sp³-hybridized carbons (Fsp3) is 0.909. The molecule has 0 aliphatic carbocycles. The molecule has 2 amide bonds. The summed E-state index contributed by atoms with van der Waals surface area (Å²) in [6.07, 6.45) is 4.71. The third-order valence-electron chi connectivity index (χ3n) is 3.14. The Morgan fingerprint density at radius 1 is 1.43 bits per heavy atom. The zero-order valence-electron chi connectivity index (χ0n) is 9.62. The van der Waals surface area contributed by atoms with Crippen molar-refractivity contribution in [3.63, 3.8) is 0 Å². The number of amides is 2. The van der Waals surface area contributed by atoms with Crippen LogP contribution in [0.3, 0.4) is 0 Å². The van der Waals surface area contributed by atoms with E-state index in [0.29, 0.717) is 6.04 Å². The number of nitrogens with zero attached hydrogens (tertiary/aromatic N) is 2. The molecule has 1 aliphatic heterocycles. The molecule has 3 nitrogen and oxygen atoms in total. The van der Waals surface area contributed by atoms with E-state index in [0.717, 1.165) is 19.5 Å². The molecular weight excluding hydrogens is 176 g/mol. The third-order valence-corrected chi connectivity index (χ3v) is 3.14. The summed E-state index contributed by atoms with van der Waals surface area (Å²) in [7, 11) is 1.88. The van der Waals surface area contributed by atoms with Crippen molar-refractivity contribution in [2.75, 3.05) is 20.1 Å². The van der Waals surface area contributed by atoms with Gasteiger partial charge in [0, 0.05) is 26.2 Å². The summed E-state index contributed by atoms with van der Waals surface area (Å²) >= 11 is 0. The van der Waals surface area contributed by atoms with Crippen molar-refractivity contribution in [2.45, 2.75) is 45.6 Å². The Hall–Kier alpha value is -0.730. The second kappa shape index (κ2) is 5.23. The Kier molecular flexibility index (Phi) is 4.23. The van der Waals surface area contributed by atoms with Gasteiger partial charge in [0.15, 0.2) is 0 Å². The highest BCUT2D eigenvalue weighted by Crippen LogP contribution is 2.20. The molecule has 3 heteroatoms. The molecule has 82 valence electrons. The van der Waals surface area contributed by atoms with Crippen LogP contribution in [0.5, 0.6) is 0 Å². The summed E-state index contributed by atoms with van der Waals surface area (Å²) in [5.74, 6) is 0. The van der Waals surface area contributed by atoms with Crippen molar-refractivity contribution in [3.05, 3.63) is 0 Å². The molecule has 0 N–H and O–H groups in total. The quantitative estimate of drug-likeness (QED) is 0.668. The Labute approximate surface area is 87.1 Å². The van der Waals surface area contributed by atoms with Crippen LogP contribution in [0.1, 0.15) is 39.5 Å². The fourth-order valence-corrected chi connectivity index (χ4v) is 2.03. The van der Waals surface area contributed by atoms with E-state index in [9.17, 15) is 4.79 Å². The Balaban J connectivity index is 2.58. The van der Waals surface area contributed by atoms with Gasteiger partial charge in [-0.1, -0.05) is 6.92 Å². The van der Waals surface area contributed by atoms with Crippen LogP contribution < -0.4 is 0 Å². The van der Waals surface area contributed by atoms with Crippen molar-refractivity contribution in [1.29, 1.82) is 0 Å². The minimum Gasteiger partial charge on any atom is -0.328 e. The number of piperidine rings is 1. The largest absolute Gasteiger partial charge is 0.328 e. The summed E-state index contributed by atoms with van der Waals surface area (Å²) in [6, 6.07) is 0.685. The summed E-state index contributed by atoms with van der Waals surface area (Å²) < 4.78 is 0. The van der Waals surface area contributed by atoms with Crippen molar-refractivity contribution < 1.29 is 4.79 Å². The SMILES string of the molecule is CCC1CCCCN1C(=O)N(C)CC. The fourth-order valence-electron chi connectivity index (χ4n) is 2.03. The predicted molar refractivity (Wildman–Crippen MR) is 58.3 cm³/mol. The van der Waals surface area contributed by atoms with Crippen LogP contribution in [0.2, 0.25) is 0 Å². The van der Waals surface area contributed by atoms with Crippen LogP contribution in [0.15, 0.2) is 0 Å². The lowest BCUT2D eigenvalue weighted by molar-refractivity contribution is 0.122. The van der Waals surface area contributed by atoms with Gasteiger partial charge >= 0.3 is 6.03 Å². The number of carbonyl (C=O) groups is 1. The van der Waals surface area contributed by atoms with Crippen molar-refractivity contribution in [3.8, 4) is 0 Å². The topological polar surface area (TPSA) is 23.6 Å². The first-order valence-electron chi connectivity index (χ1n) is 5.72. The van der Waals surface area contributed by atoms with Gasteiger partial charge in [-0.05, 0) is 32.6 Å². The summed E-state index contributed by atoms with van der Waals surface area (Å²) in [5, 5.41) is 0. The molecule has 0 saturated carbocycles. The lowest BCUT2D eigenvalue weighted by Crippen LogP contribution is -2.48. The highest BCUT2D eigenvalue weighted by molar-refractivity contribution is 5.74. The Morgan fingerprint density at radius 3 is 2.71 bits per heavy atom. The predicted octanol–water partition coefficient (Wildman–Crippen LogP) is 2.32. The maximum Gasteiger partial charge on any atom is 0.319 e. The van der Waals surface area contributed by atoms with E-state index in [-0.39, 0.29) is 6.03 Å². The highest BCUT2D eigenvalue weighted by atomic mass is 16.2. The van der Waals surface area contributed by atoms with Gasteiger partial charge in [0.2, 0.25) is 0 Å². The van der Waals surface area contributed by atoms with Crippen molar-refractivity contribution in [1.82, 2.24) is 9.80 Å². The van der Waals surface area contributed by atoms with Gasteiger partial charge < -0.3 is 9.80 Å². The van der Waals surface area contributed by atoms with E-state index in [4.69, 9.17) is 0 Å². The average Bonchev–Trinajstić information content (AvgIpc) is 2.26. The van der Waals surface area contributed by atoms with Gasteiger partial charge in [0.05, 0.1) is 0 Å². The van der Waals surface area contributed by atoms with Crippen molar-refractivity contribution in [2.24, 2.45) is 0 Å². The van der Waals surface area contributed by atoms with Gasteiger partial charge in [-0.2, -0.15) is 0 Å². The maximum absolute atomic E-state index is 12.0. The molecular formula is C11H22N2O. The minimum absolute atomic E-state index is 0.207. The molecule has 1 aliphatic rings. The molecule has 1 heterocycles. The standard InChI is InChI=1S/C11H22N2O/c1-4-10-8-6-7-9-13(10)11(14)12(3)5-2/h10H,4-9H2,1-3H3. The highest BCUT2D eigenvalue weighted by Gasteiger charge is 2.26. The van der Waals surface area contributed by atoms with Crippen LogP contribution in [-0.4, -0.2) is 42.0 Å². The van der Waals surface area contributed by atoms with Gasteiger partial charge in [0.25, 0.3) is 0 Å². The minimum atomic E-state index is 0.207. The second-order valence-electron chi connectivity index (χ2n) is 4.05.